The van der Waals surface area contributed by atoms with E-state index in [1.54, 1.807) is 0 Å². The van der Waals surface area contributed by atoms with Crippen LogP contribution in [-0.2, 0) is 12.0 Å². The van der Waals surface area contributed by atoms with Gasteiger partial charge in [-0.2, -0.15) is 18.2 Å². The first kappa shape index (κ1) is 10.4. The second kappa shape index (κ2) is 3.19. The average molecular weight is 221 g/mol. The van der Waals surface area contributed by atoms with E-state index >= 15 is 0 Å². The van der Waals surface area contributed by atoms with E-state index in [-0.39, 0.29) is 5.82 Å². The van der Waals surface area contributed by atoms with Gasteiger partial charge in [0.05, 0.1) is 5.54 Å². The molecule has 1 heterocycles. The van der Waals surface area contributed by atoms with Crippen LogP contribution in [0, 0.1) is 0 Å². The summed E-state index contributed by atoms with van der Waals surface area (Å²) in [5.74, 6) is -0.234. The van der Waals surface area contributed by atoms with E-state index in [0.29, 0.717) is 12.8 Å². The monoisotopic (exact) mass is 221 g/mol. The summed E-state index contributed by atoms with van der Waals surface area (Å²) >= 11 is 0. The van der Waals surface area contributed by atoms with Gasteiger partial charge < -0.3 is 10.3 Å². The fourth-order valence-electron chi connectivity index (χ4n) is 1.48. The van der Waals surface area contributed by atoms with E-state index in [1.165, 1.54) is 0 Å². The minimum absolute atomic E-state index is 0.188. The Morgan fingerprint density at radius 2 is 2.07 bits per heavy atom. The summed E-state index contributed by atoms with van der Waals surface area (Å²) in [5.41, 5.74) is 5.16. The van der Waals surface area contributed by atoms with Crippen molar-refractivity contribution in [2.45, 2.75) is 37.4 Å². The molecule has 1 aliphatic carbocycles. The van der Waals surface area contributed by atoms with Crippen molar-refractivity contribution in [3.8, 4) is 0 Å². The van der Waals surface area contributed by atoms with Crippen LogP contribution in [0.25, 0.3) is 0 Å². The van der Waals surface area contributed by atoms with Crippen molar-refractivity contribution in [1.29, 1.82) is 0 Å². The lowest BCUT2D eigenvalue weighted by atomic mass is 9.77. The number of rotatable bonds is 2. The number of nitrogens with zero attached hydrogens (tertiary/aromatic N) is 2. The lowest BCUT2D eigenvalue weighted by Crippen LogP contribution is -2.44. The molecule has 0 unspecified atom stereocenters. The Bertz CT molecular complexity index is 356. The van der Waals surface area contributed by atoms with Crippen molar-refractivity contribution < 1.29 is 17.7 Å². The Morgan fingerprint density at radius 1 is 1.40 bits per heavy atom. The largest absolute Gasteiger partial charge is 0.397 e. The van der Waals surface area contributed by atoms with E-state index < -0.39 is 24.0 Å². The third kappa shape index (κ3) is 2.11. The number of nitrogens with two attached hydrogens (primary N) is 1. The highest BCUT2D eigenvalue weighted by molar-refractivity contribution is 5.08. The fourth-order valence-corrected chi connectivity index (χ4v) is 1.48. The Labute approximate surface area is 83.6 Å². The zero-order valence-corrected chi connectivity index (χ0v) is 7.84. The van der Waals surface area contributed by atoms with E-state index in [1.807, 2.05) is 0 Å². The molecule has 0 aromatic carbocycles. The Balaban J connectivity index is 2.10. The summed E-state index contributed by atoms with van der Waals surface area (Å²) < 4.78 is 40.5. The number of aromatic nitrogens is 2. The summed E-state index contributed by atoms with van der Waals surface area (Å²) in [6, 6.07) is 0. The van der Waals surface area contributed by atoms with Crippen molar-refractivity contribution in [3.63, 3.8) is 0 Å². The topological polar surface area (TPSA) is 64.9 Å². The molecule has 2 N–H and O–H groups in total. The number of hydrogen-bond donors (Lipinski definition) is 1. The summed E-state index contributed by atoms with van der Waals surface area (Å²) in [6.07, 6.45) is -3.20. The van der Waals surface area contributed by atoms with Crippen molar-refractivity contribution in [3.05, 3.63) is 11.7 Å². The van der Waals surface area contributed by atoms with Gasteiger partial charge in [0.1, 0.15) is 6.42 Å². The minimum Gasteiger partial charge on any atom is -0.339 e. The van der Waals surface area contributed by atoms with Gasteiger partial charge in [0.2, 0.25) is 5.89 Å². The molecule has 0 atom stereocenters. The molecule has 0 amide bonds. The molecule has 84 valence electrons. The molecule has 0 aliphatic heterocycles. The second-order valence-corrected chi connectivity index (χ2v) is 3.81. The first-order valence-corrected chi connectivity index (χ1v) is 4.58. The quantitative estimate of drug-likeness (QED) is 0.822. The van der Waals surface area contributed by atoms with Crippen LogP contribution in [-0.4, -0.2) is 16.3 Å². The summed E-state index contributed by atoms with van der Waals surface area (Å²) in [5, 5.41) is 3.48. The van der Waals surface area contributed by atoms with Crippen LogP contribution >= 0.6 is 0 Å². The fraction of sp³-hybridized carbons (Fsp3) is 0.750. The third-order valence-corrected chi connectivity index (χ3v) is 2.51. The minimum atomic E-state index is -4.33. The smallest absolute Gasteiger partial charge is 0.339 e. The van der Waals surface area contributed by atoms with Crippen LogP contribution < -0.4 is 5.73 Å². The molecule has 1 aromatic heterocycles. The van der Waals surface area contributed by atoms with Crippen molar-refractivity contribution in [2.24, 2.45) is 5.73 Å². The predicted octanol–water partition coefficient (Wildman–Crippen LogP) is 1.51. The second-order valence-electron chi connectivity index (χ2n) is 3.81. The Kier molecular flexibility index (Phi) is 2.22. The van der Waals surface area contributed by atoms with E-state index in [0.717, 1.165) is 6.42 Å². The highest BCUT2D eigenvalue weighted by Gasteiger charge is 2.40. The van der Waals surface area contributed by atoms with Crippen molar-refractivity contribution in [2.75, 3.05) is 0 Å². The van der Waals surface area contributed by atoms with Gasteiger partial charge in [-0.3, -0.25) is 0 Å². The first-order valence-electron chi connectivity index (χ1n) is 4.58. The van der Waals surface area contributed by atoms with E-state index in [9.17, 15) is 13.2 Å². The summed E-state index contributed by atoms with van der Waals surface area (Å²) in [6.45, 7) is 0. The van der Waals surface area contributed by atoms with Gasteiger partial charge in [-0.05, 0) is 19.3 Å². The number of hydrogen-bond acceptors (Lipinski definition) is 4. The summed E-state index contributed by atoms with van der Waals surface area (Å²) in [4.78, 5) is 3.67. The molecule has 4 nitrogen and oxygen atoms in total. The number of halogens is 3. The van der Waals surface area contributed by atoms with Gasteiger partial charge in [0.25, 0.3) is 0 Å². The number of alkyl halides is 3. The van der Waals surface area contributed by atoms with Crippen LogP contribution in [0.2, 0.25) is 0 Å². The molecule has 1 aliphatic rings. The standard InChI is InChI=1S/C8H10F3N3O/c9-8(10,11)4-5-13-6(14-15-5)7(12)2-1-3-7/h1-4,12H2. The van der Waals surface area contributed by atoms with Crippen LogP contribution in [0.4, 0.5) is 13.2 Å². The lowest BCUT2D eigenvalue weighted by Gasteiger charge is -2.34. The van der Waals surface area contributed by atoms with E-state index in [2.05, 4.69) is 14.7 Å². The van der Waals surface area contributed by atoms with Crippen LogP contribution in [0.1, 0.15) is 31.0 Å². The highest BCUT2D eigenvalue weighted by Crippen LogP contribution is 2.37. The normalized spacial score (nSPS) is 20.0. The van der Waals surface area contributed by atoms with Gasteiger partial charge in [-0.15, -0.1) is 0 Å². The molecule has 0 bridgehead atoms. The van der Waals surface area contributed by atoms with Gasteiger partial charge in [-0.1, -0.05) is 5.16 Å². The molecule has 0 saturated heterocycles. The molecular formula is C8H10F3N3O. The lowest BCUT2D eigenvalue weighted by molar-refractivity contribution is -0.131. The molecule has 7 heteroatoms. The maximum atomic E-state index is 12.0. The van der Waals surface area contributed by atoms with Crippen molar-refractivity contribution >= 4 is 0 Å². The van der Waals surface area contributed by atoms with Crippen LogP contribution in [0.3, 0.4) is 0 Å². The SMILES string of the molecule is NC1(c2noc(CC(F)(F)F)n2)CCC1. The van der Waals surface area contributed by atoms with Gasteiger partial charge in [0.15, 0.2) is 5.82 Å². The molecule has 2 rings (SSSR count). The predicted molar refractivity (Wildman–Crippen MR) is 43.8 cm³/mol. The summed E-state index contributed by atoms with van der Waals surface area (Å²) in [7, 11) is 0. The third-order valence-electron chi connectivity index (χ3n) is 2.51. The zero-order valence-electron chi connectivity index (χ0n) is 7.84. The Hall–Kier alpha value is -1.11. The Morgan fingerprint density at radius 3 is 2.53 bits per heavy atom. The molecule has 1 saturated carbocycles. The average Bonchev–Trinajstić information content (AvgIpc) is 2.45. The molecule has 1 fully saturated rings. The molecule has 15 heavy (non-hydrogen) atoms. The van der Waals surface area contributed by atoms with Gasteiger partial charge in [0, 0.05) is 0 Å². The maximum Gasteiger partial charge on any atom is 0.397 e. The molecule has 1 aromatic rings. The molecule has 0 spiro atoms. The van der Waals surface area contributed by atoms with Crippen molar-refractivity contribution in [1.82, 2.24) is 10.1 Å². The first-order chi connectivity index (χ1) is 6.89. The van der Waals surface area contributed by atoms with Crippen LogP contribution in [0.15, 0.2) is 4.52 Å². The van der Waals surface area contributed by atoms with E-state index in [4.69, 9.17) is 5.73 Å². The van der Waals surface area contributed by atoms with Crippen LogP contribution in [0.5, 0.6) is 0 Å². The highest BCUT2D eigenvalue weighted by atomic mass is 19.4. The molecule has 0 radical (unpaired) electrons. The van der Waals surface area contributed by atoms with Gasteiger partial charge >= 0.3 is 6.18 Å². The molecular weight excluding hydrogens is 211 g/mol. The maximum absolute atomic E-state index is 12.0. The zero-order chi connectivity index (χ0) is 11.1. The van der Waals surface area contributed by atoms with Gasteiger partial charge in [-0.25, -0.2) is 0 Å².